The molecular weight excluding hydrogens is 256 g/mol. The van der Waals surface area contributed by atoms with Gasteiger partial charge in [-0.25, -0.2) is 0 Å². The highest BCUT2D eigenvalue weighted by atomic mass is 32.1. The first-order chi connectivity index (χ1) is 9.27. The lowest BCUT2D eigenvalue weighted by Gasteiger charge is -2.23. The van der Waals surface area contributed by atoms with Gasteiger partial charge >= 0.3 is 0 Å². The van der Waals surface area contributed by atoms with Gasteiger partial charge in [0.25, 0.3) is 0 Å². The van der Waals surface area contributed by atoms with Gasteiger partial charge < -0.3 is 4.90 Å². The third kappa shape index (κ3) is 3.37. The van der Waals surface area contributed by atoms with Crippen molar-refractivity contribution in [2.45, 2.75) is 58.2 Å². The number of thiophene rings is 1. The predicted molar refractivity (Wildman–Crippen MR) is 80.1 cm³/mol. The van der Waals surface area contributed by atoms with Crippen LogP contribution in [-0.2, 0) is 4.79 Å². The highest BCUT2D eigenvalue weighted by Crippen LogP contribution is 2.28. The van der Waals surface area contributed by atoms with Crippen molar-refractivity contribution in [3.63, 3.8) is 0 Å². The molecule has 106 valence electrons. The fraction of sp³-hybridized carbons (Fsp3) is 0.667. The number of amides is 1. The zero-order chi connectivity index (χ0) is 13.7. The maximum absolute atomic E-state index is 12.5. The summed E-state index contributed by atoms with van der Waals surface area (Å²) in [6, 6.07) is 2.14. The normalized spacial score (nSPS) is 23.3. The first kappa shape index (κ1) is 14.5. The van der Waals surface area contributed by atoms with Gasteiger partial charge in [0.05, 0.1) is 6.04 Å². The van der Waals surface area contributed by atoms with Crippen LogP contribution < -0.4 is 5.32 Å². The average Bonchev–Trinajstić information content (AvgIpc) is 3.03. The molecule has 1 N–H and O–H groups in total. The predicted octanol–water partition coefficient (Wildman–Crippen LogP) is 3.54. The summed E-state index contributed by atoms with van der Waals surface area (Å²) in [6.45, 7) is 5.21. The molecule has 2 unspecified atom stereocenters. The third-order valence-electron chi connectivity index (χ3n) is 3.71. The lowest BCUT2D eigenvalue weighted by atomic mass is 10.1. The van der Waals surface area contributed by atoms with Crippen LogP contribution in [0, 0.1) is 0 Å². The van der Waals surface area contributed by atoms with E-state index in [1.807, 2.05) is 4.90 Å². The SMILES string of the molecule is CCCCC1NC(c2ccsc2)N(CCCC)C1=O. The van der Waals surface area contributed by atoms with Crippen molar-refractivity contribution >= 4 is 17.2 Å². The smallest absolute Gasteiger partial charge is 0.241 e. The summed E-state index contributed by atoms with van der Waals surface area (Å²) >= 11 is 1.69. The Hall–Kier alpha value is -0.870. The average molecular weight is 280 g/mol. The van der Waals surface area contributed by atoms with Gasteiger partial charge in [-0.1, -0.05) is 33.1 Å². The molecule has 4 heteroatoms. The molecule has 3 nitrogen and oxygen atoms in total. The molecule has 1 aliphatic rings. The maximum atomic E-state index is 12.5. The number of carbonyl (C=O) groups is 1. The minimum Gasteiger partial charge on any atom is -0.322 e. The van der Waals surface area contributed by atoms with Crippen molar-refractivity contribution in [3.05, 3.63) is 22.4 Å². The standard InChI is InChI=1S/C15H24N2OS/c1-3-5-7-13-15(18)17(9-6-4-2)14(16-13)12-8-10-19-11-12/h8,10-11,13-14,16H,3-7,9H2,1-2H3. The molecule has 1 amide bonds. The summed E-state index contributed by atoms with van der Waals surface area (Å²) in [4.78, 5) is 14.5. The summed E-state index contributed by atoms with van der Waals surface area (Å²) in [6.07, 6.45) is 5.50. The molecule has 0 aromatic carbocycles. The van der Waals surface area contributed by atoms with Crippen LogP contribution >= 0.6 is 11.3 Å². The van der Waals surface area contributed by atoms with Gasteiger partial charge in [0.15, 0.2) is 0 Å². The lowest BCUT2D eigenvalue weighted by Crippen LogP contribution is -2.31. The lowest BCUT2D eigenvalue weighted by molar-refractivity contribution is -0.130. The van der Waals surface area contributed by atoms with Crippen molar-refractivity contribution in [3.8, 4) is 0 Å². The Morgan fingerprint density at radius 3 is 2.74 bits per heavy atom. The Morgan fingerprint density at radius 1 is 1.32 bits per heavy atom. The second kappa shape index (κ2) is 7.06. The zero-order valence-corrected chi connectivity index (χ0v) is 12.7. The first-order valence-corrected chi connectivity index (χ1v) is 8.30. The molecule has 0 radical (unpaired) electrons. The number of hydrogen-bond acceptors (Lipinski definition) is 3. The minimum absolute atomic E-state index is 0.0155. The molecule has 2 heterocycles. The molecule has 2 atom stereocenters. The Morgan fingerprint density at radius 2 is 2.11 bits per heavy atom. The van der Waals surface area contributed by atoms with Gasteiger partial charge in [-0.05, 0) is 35.2 Å². The topological polar surface area (TPSA) is 32.3 Å². The third-order valence-corrected chi connectivity index (χ3v) is 4.41. The van der Waals surface area contributed by atoms with Crippen molar-refractivity contribution in [2.75, 3.05) is 6.54 Å². The van der Waals surface area contributed by atoms with Crippen LogP contribution in [0.3, 0.4) is 0 Å². The molecule has 1 aliphatic heterocycles. The monoisotopic (exact) mass is 280 g/mol. The van der Waals surface area contributed by atoms with E-state index in [4.69, 9.17) is 0 Å². The summed E-state index contributed by atoms with van der Waals surface area (Å²) in [5.41, 5.74) is 1.23. The molecule has 0 aliphatic carbocycles. The number of nitrogens with one attached hydrogen (secondary N) is 1. The Bertz CT molecular complexity index is 391. The highest BCUT2D eigenvalue weighted by Gasteiger charge is 2.38. The van der Waals surface area contributed by atoms with E-state index in [0.717, 1.165) is 38.6 Å². The van der Waals surface area contributed by atoms with Crippen LogP contribution in [0.5, 0.6) is 0 Å². The van der Waals surface area contributed by atoms with Crippen LogP contribution in [0.2, 0.25) is 0 Å². The van der Waals surface area contributed by atoms with Gasteiger partial charge in [0.2, 0.25) is 5.91 Å². The van der Waals surface area contributed by atoms with Crippen LogP contribution in [0.15, 0.2) is 16.8 Å². The van der Waals surface area contributed by atoms with Crippen LogP contribution in [-0.4, -0.2) is 23.4 Å². The molecule has 0 bridgehead atoms. The van der Waals surface area contributed by atoms with Gasteiger partial charge in [-0.2, -0.15) is 11.3 Å². The zero-order valence-electron chi connectivity index (χ0n) is 11.9. The maximum Gasteiger partial charge on any atom is 0.241 e. The van der Waals surface area contributed by atoms with Gasteiger partial charge in [-0.15, -0.1) is 0 Å². The molecular formula is C15H24N2OS. The number of carbonyl (C=O) groups excluding carboxylic acids is 1. The van der Waals surface area contributed by atoms with Crippen molar-refractivity contribution in [2.24, 2.45) is 0 Å². The van der Waals surface area contributed by atoms with Crippen LogP contribution in [0.25, 0.3) is 0 Å². The van der Waals surface area contributed by atoms with E-state index in [2.05, 4.69) is 36.0 Å². The summed E-state index contributed by atoms with van der Waals surface area (Å²) < 4.78 is 0. The van der Waals surface area contributed by atoms with E-state index in [1.54, 1.807) is 11.3 Å². The first-order valence-electron chi connectivity index (χ1n) is 7.36. The molecule has 1 aromatic rings. The van der Waals surface area contributed by atoms with Crippen LogP contribution in [0.4, 0.5) is 0 Å². The largest absolute Gasteiger partial charge is 0.322 e. The number of unbranched alkanes of at least 4 members (excludes halogenated alkanes) is 2. The molecule has 2 rings (SSSR count). The second-order valence-corrected chi connectivity index (χ2v) is 5.99. The van der Waals surface area contributed by atoms with Gasteiger partial charge in [0, 0.05) is 6.54 Å². The van der Waals surface area contributed by atoms with Crippen LogP contribution in [0.1, 0.15) is 57.7 Å². The van der Waals surface area contributed by atoms with E-state index in [0.29, 0.717) is 0 Å². The molecule has 1 aromatic heterocycles. The van der Waals surface area contributed by atoms with E-state index in [1.165, 1.54) is 5.56 Å². The highest BCUT2D eigenvalue weighted by molar-refractivity contribution is 7.07. The molecule has 0 saturated carbocycles. The Kier molecular flexibility index (Phi) is 5.40. The van der Waals surface area contributed by atoms with E-state index < -0.39 is 0 Å². The van der Waals surface area contributed by atoms with E-state index >= 15 is 0 Å². The second-order valence-electron chi connectivity index (χ2n) is 5.21. The summed E-state index contributed by atoms with van der Waals surface area (Å²) in [5, 5.41) is 7.75. The van der Waals surface area contributed by atoms with Gasteiger partial charge in [0.1, 0.15) is 6.17 Å². The Balaban J connectivity index is 2.08. The molecule has 19 heavy (non-hydrogen) atoms. The Labute approximate surface area is 120 Å². The molecule has 1 saturated heterocycles. The minimum atomic E-state index is 0.0155. The summed E-state index contributed by atoms with van der Waals surface area (Å²) in [5.74, 6) is 0.290. The van der Waals surface area contributed by atoms with Crippen molar-refractivity contribution in [1.29, 1.82) is 0 Å². The van der Waals surface area contributed by atoms with E-state index in [-0.39, 0.29) is 18.1 Å². The van der Waals surface area contributed by atoms with E-state index in [9.17, 15) is 4.79 Å². The molecule has 0 spiro atoms. The van der Waals surface area contributed by atoms with Crippen molar-refractivity contribution in [1.82, 2.24) is 10.2 Å². The number of rotatable bonds is 7. The fourth-order valence-electron chi connectivity index (χ4n) is 2.57. The number of nitrogens with zero attached hydrogens (tertiary/aromatic N) is 1. The number of hydrogen-bond donors (Lipinski definition) is 1. The quantitative estimate of drug-likeness (QED) is 0.828. The fourth-order valence-corrected chi connectivity index (χ4v) is 3.25. The van der Waals surface area contributed by atoms with Gasteiger partial charge in [-0.3, -0.25) is 10.1 Å². The molecule has 1 fully saturated rings. The van der Waals surface area contributed by atoms with Crippen molar-refractivity contribution < 1.29 is 4.79 Å². The summed E-state index contributed by atoms with van der Waals surface area (Å²) in [7, 11) is 0.